The van der Waals surface area contributed by atoms with Gasteiger partial charge in [0, 0.05) is 27.9 Å². The van der Waals surface area contributed by atoms with Gasteiger partial charge in [-0.15, -0.1) is 0 Å². The van der Waals surface area contributed by atoms with E-state index < -0.39 is 0 Å². The molecular weight excluding hydrogens is 795 g/mol. The standard InChI is InChI=1S/C65H53N/c1-64(2)60-20-9-7-17-56(60)59-19-11-18-58(63(59)64)54-15-6-5-14-53(54)45-26-30-51(31-27-45)66(50-28-24-44(25-29-50)47-23-22-43-12-3-4-13-46(43)39-47)52-32-33-57-55-16-8-10-21-61(55)65(62(57)40-52)48-35-41-34-42(37-48)38-49(65)36-41/h3-33,39-42,48-49H,34-38H2,1-2H3. The average Bonchev–Trinajstić information content (AvgIpc) is 3.78. The molecule has 4 fully saturated rings. The molecule has 1 spiro atoms. The van der Waals surface area contributed by atoms with E-state index in [2.05, 4.69) is 219 Å². The second-order valence-electron chi connectivity index (χ2n) is 20.9. The third kappa shape index (κ3) is 5.47. The number of nitrogens with zero attached hydrogens (tertiary/aromatic N) is 1. The highest BCUT2D eigenvalue weighted by molar-refractivity contribution is 5.94. The number of fused-ring (bicyclic) bond motifs is 7. The number of benzene rings is 9. The van der Waals surface area contributed by atoms with Crippen molar-refractivity contribution in [2.24, 2.45) is 23.7 Å². The molecule has 0 aliphatic heterocycles. The minimum Gasteiger partial charge on any atom is -0.310 e. The summed E-state index contributed by atoms with van der Waals surface area (Å²) in [7, 11) is 0. The van der Waals surface area contributed by atoms with E-state index in [0.29, 0.717) is 11.8 Å². The first-order valence-electron chi connectivity index (χ1n) is 24.5. The summed E-state index contributed by atoms with van der Waals surface area (Å²) in [5.41, 5.74) is 22.8. The van der Waals surface area contributed by atoms with Gasteiger partial charge in [-0.3, -0.25) is 0 Å². The Hall–Kier alpha value is -6.96. The Balaban J connectivity index is 0.897. The highest BCUT2D eigenvalue weighted by Gasteiger charge is 2.61. The van der Waals surface area contributed by atoms with Crippen LogP contribution in [0.15, 0.2) is 200 Å². The van der Waals surface area contributed by atoms with E-state index in [1.165, 1.54) is 127 Å². The van der Waals surface area contributed by atoms with E-state index in [9.17, 15) is 0 Å². The van der Waals surface area contributed by atoms with E-state index in [0.717, 1.165) is 11.8 Å². The Labute approximate surface area is 389 Å². The Morgan fingerprint density at radius 2 is 0.848 bits per heavy atom. The van der Waals surface area contributed by atoms with Gasteiger partial charge in [0.2, 0.25) is 0 Å². The minimum atomic E-state index is -0.101. The summed E-state index contributed by atoms with van der Waals surface area (Å²) in [4.78, 5) is 2.52. The molecule has 9 aromatic carbocycles. The number of hydrogen-bond acceptors (Lipinski definition) is 1. The normalized spacial score (nSPS) is 22.3. The third-order valence-electron chi connectivity index (χ3n) is 17.2. The van der Waals surface area contributed by atoms with Crippen molar-refractivity contribution < 1.29 is 0 Å². The molecule has 6 aliphatic carbocycles. The first-order chi connectivity index (χ1) is 32.4. The fourth-order valence-corrected chi connectivity index (χ4v) is 14.7. The van der Waals surface area contributed by atoms with Gasteiger partial charge in [0.25, 0.3) is 0 Å². The molecule has 4 saturated carbocycles. The van der Waals surface area contributed by atoms with Gasteiger partial charge < -0.3 is 4.90 Å². The van der Waals surface area contributed by atoms with Crippen LogP contribution >= 0.6 is 0 Å². The second-order valence-corrected chi connectivity index (χ2v) is 20.9. The van der Waals surface area contributed by atoms with Crippen molar-refractivity contribution in [3.63, 3.8) is 0 Å². The van der Waals surface area contributed by atoms with Gasteiger partial charge in [-0.2, -0.15) is 0 Å². The predicted molar refractivity (Wildman–Crippen MR) is 276 cm³/mol. The molecule has 6 aliphatic rings. The SMILES string of the molecule is CC1(C)c2ccccc2-c2cccc(-c3ccccc3-c3ccc(N(c4ccc(-c5ccc6ccccc6c5)cc4)c4ccc5c(c4)C4(c6ccccc6-5)C5CC6CC(C5)CC4C6)cc3)c21. The van der Waals surface area contributed by atoms with Crippen molar-refractivity contribution in [3.8, 4) is 55.6 Å². The lowest BCUT2D eigenvalue weighted by atomic mass is 9.43. The molecule has 0 radical (unpaired) electrons. The molecule has 0 amide bonds. The zero-order chi connectivity index (χ0) is 43.7. The van der Waals surface area contributed by atoms with Crippen molar-refractivity contribution in [1.82, 2.24) is 0 Å². The molecule has 318 valence electrons. The highest BCUT2D eigenvalue weighted by atomic mass is 15.1. The smallest absolute Gasteiger partial charge is 0.0465 e. The van der Waals surface area contributed by atoms with Crippen LogP contribution in [0.2, 0.25) is 0 Å². The molecule has 0 atom stereocenters. The minimum absolute atomic E-state index is 0.0993. The molecule has 1 nitrogen and oxygen atoms in total. The van der Waals surface area contributed by atoms with Gasteiger partial charge in [0.05, 0.1) is 0 Å². The van der Waals surface area contributed by atoms with Crippen LogP contribution in [-0.4, -0.2) is 0 Å². The maximum atomic E-state index is 2.63. The predicted octanol–water partition coefficient (Wildman–Crippen LogP) is 17.3. The second kappa shape index (κ2) is 14.3. The Morgan fingerprint density at radius 1 is 0.348 bits per heavy atom. The van der Waals surface area contributed by atoms with Crippen molar-refractivity contribution in [2.45, 2.75) is 56.8 Å². The van der Waals surface area contributed by atoms with Gasteiger partial charge in [-0.1, -0.05) is 172 Å². The summed E-state index contributed by atoms with van der Waals surface area (Å²) in [5, 5.41) is 2.54. The quantitative estimate of drug-likeness (QED) is 0.161. The molecule has 4 bridgehead atoms. The van der Waals surface area contributed by atoms with Crippen molar-refractivity contribution in [1.29, 1.82) is 0 Å². The molecule has 0 unspecified atom stereocenters. The fourth-order valence-electron chi connectivity index (χ4n) is 14.7. The molecular formula is C65H53N. The van der Waals surface area contributed by atoms with Gasteiger partial charge in [0.1, 0.15) is 0 Å². The first-order valence-corrected chi connectivity index (χ1v) is 24.5. The summed E-state index contributed by atoms with van der Waals surface area (Å²) in [6.07, 6.45) is 6.98. The van der Waals surface area contributed by atoms with Crippen LogP contribution in [0.3, 0.4) is 0 Å². The molecule has 66 heavy (non-hydrogen) atoms. The maximum Gasteiger partial charge on any atom is 0.0465 e. The van der Waals surface area contributed by atoms with Crippen LogP contribution in [0, 0.1) is 23.7 Å². The summed E-state index contributed by atoms with van der Waals surface area (Å²) in [5.74, 6) is 3.24. The Bertz CT molecular complexity index is 3380. The van der Waals surface area contributed by atoms with Crippen LogP contribution in [0.1, 0.15) is 68.2 Å². The topological polar surface area (TPSA) is 3.24 Å². The zero-order valence-corrected chi connectivity index (χ0v) is 37.8. The lowest BCUT2D eigenvalue weighted by molar-refractivity contribution is -0.0399. The summed E-state index contributed by atoms with van der Waals surface area (Å²) in [6.45, 7) is 4.79. The monoisotopic (exact) mass is 847 g/mol. The first kappa shape index (κ1) is 38.3. The van der Waals surface area contributed by atoms with Crippen LogP contribution in [-0.2, 0) is 10.8 Å². The van der Waals surface area contributed by atoms with Gasteiger partial charge in [-0.25, -0.2) is 0 Å². The molecule has 0 heterocycles. The van der Waals surface area contributed by atoms with Crippen LogP contribution in [0.5, 0.6) is 0 Å². The fraction of sp³-hybridized carbons (Fsp3) is 0.200. The van der Waals surface area contributed by atoms with E-state index in [4.69, 9.17) is 0 Å². The van der Waals surface area contributed by atoms with Gasteiger partial charge >= 0.3 is 0 Å². The molecule has 0 saturated heterocycles. The lowest BCUT2D eigenvalue weighted by Gasteiger charge is -2.61. The Morgan fingerprint density at radius 3 is 1.55 bits per heavy atom. The van der Waals surface area contributed by atoms with Crippen molar-refractivity contribution in [3.05, 3.63) is 222 Å². The highest BCUT2D eigenvalue weighted by Crippen LogP contribution is 2.69. The maximum absolute atomic E-state index is 2.63. The molecule has 1 heteroatoms. The van der Waals surface area contributed by atoms with Gasteiger partial charge in [-0.05, 0) is 187 Å². The molecule has 0 aromatic heterocycles. The van der Waals surface area contributed by atoms with E-state index in [-0.39, 0.29) is 10.8 Å². The lowest BCUT2D eigenvalue weighted by Crippen LogP contribution is -2.55. The largest absolute Gasteiger partial charge is 0.310 e. The average molecular weight is 848 g/mol. The molecule has 15 rings (SSSR count). The van der Waals surface area contributed by atoms with E-state index in [1.807, 2.05) is 0 Å². The van der Waals surface area contributed by atoms with E-state index >= 15 is 0 Å². The number of hydrogen-bond donors (Lipinski definition) is 0. The van der Waals surface area contributed by atoms with Gasteiger partial charge in [0.15, 0.2) is 0 Å². The summed E-state index contributed by atoms with van der Waals surface area (Å²) < 4.78 is 0. The zero-order valence-electron chi connectivity index (χ0n) is 37.8. The molecule has 0 N–H and O–H groups in total. The van der Waals surface area contributed by atoms with Crippen molar-refractivity contribution >= 4 is 27.8 Å². The summed E-state index contributed by atoms with van der Waals surface area (Å²) in [6, 6.07) is 76.1. The summed E-state index contributed by atoms with van der Waals surface area (Å²) >= 11 is 0. The van der Waals surface area contributed by atoms with Crippen molar-refractivity contribution in [2.75, 3.05) is 4.90 Å². The van der Waals surface area contributed by atoms with Crippen LogP contribution in [0.25, 0.3) is 66.4 Å². The molecule has 9 aromatic rings. The number of rotatable bonds is 6. The Kier molecular flexibility index (Phi) is 8.29. The van der Waals surface area contributed by atoms with Crippen LogP contribution < -0.4 is 4.90 Å². The third-order valence-corrected chi connectivity index (χ3v) is 17.2. The van der Waals surface area contributed by atoms with E-state index in [1.54, 1.807) is 11.1 Å². The number of anilines is 3. The van der Waals surface area contributed by atoms with Crippen LogP contribution in [0.4, 0.5) is 17.1 Å².